The van der Waals surface area contributed by atoms with E-state index in [1.807, 2.05) is 6.07 Å². The maximum atomic E-state index is 11.9. The number of rotatable bonds is 2. The summed E-state index contributed by atoms with van der Waals surface area (Å²) in [7, 11) is 0. The van der Waals surface area contributed by atoms with Gasteiger partial charge in [0.15, 0.2) is 0 Å². The van der Waals surface area contributed by atoms with Gasteiger partial charge in [-0.1, -0.05) is 12.1 Å². The van der Waals surface area contributed by atoms with E-state index in [1.165, 1.54) is 6.07 Å². The number of hydrogen-bond donors (Lipinski definition) is 3. The molecule has 1 aliphatic carbocycles. The number of nitrogens with two attached hydrogens (primary N) is 1. The van der Waals surface area contributed by atoms with E-state index < -0.39 is 17.2 Å². The molecule has 110 valence electrons. The standard InChI is InChI=1S/C15H22N2O3/c1-14(2,3)20-13(19)17-12-10(6-4-7-11(12)18)15(16)8-5-9-15/h4,6-7,18H,5,8-9,16H2,1-3H3,(H,17,19). The van der Waals surface area contributed by atoms with E-state index in [0.29, 0.717) is 5.69 Å². The zero-order valence-corrected chi connectivity index (χ0v) is 12.2. The monoisotopic (exact) mass is 278 g/mol. The predicted octanol–water partition coefficient (Wildman–Crippen LogP) is 3.08. The molecule has 1 amide bonds. The van der Waals surface area contributed by atoms with Crippen LogP contribution >= 0.6 is 0 Å². The first kappa shape index (κ1) is 14.7. The van der Waals surface area contributed by atoms with Crippen LogP contribution in [0.4, 0.5) is 10.5 Å². The quantitative estimate of drug-likeness (QED) is 0.726. The van der Waals surface area contributed by atoms with Gasteiger partial charge in [0, 0.05) is 5.54 Å². The molecule has 1 aromatic carbocycles. The summed E-state index contributed by atoms with van der Waals surface area (Å²) < 4.78 is 5.21. The lowest BCUT2D eigenvalue weighted by Gasteiger charge is -2.39. The van der Waals surface area contributed by atoms with Crippen LogP contribution < -0.4 is 11.1 Å². The fraction of sp³-hybridized carbons (Fsp3) is 0.533. The molecule has 1 aromatic rings. The summed E-state index contributed by atoms with van der Waals surface area (Å²) in [4.78, 5) is 11.9. The molecular formula is C15H22N2O3. The Labute approximate surface area is 119 Å². The average Bonchev–Trinajstić information content (AvgIpc) is 2.26. The third-order valence-corrected chi connectivity index (χ3v) is 3.45. The van der Waals surface area contributed by atoms with Gasteiger partial charge >= 0.3 is 6.09 Å². The van der Waals surface area contributed by atoms with Crippen LogP contribution in [-0.2, 0) is 10.3 Å². The topological polar surface area (TPSA) is 84.6 Å². The zero-order chi connectivity index (χ0) is 15.0. The average molecular weight is 278 g/mol. The second-order valence-corrected chi connectivity index (χ2v) is 6.34. The fourth-order valence-electron chi connectivity index (χ4n) is 2.32. The van der Waals surface area contributed by atoms with Gasteiger partial charge in [-0.25, -0.2) is 4.79 Å². The summed E-state index contributed by atoms with van der Waals surface area (Å²) >= 11 is 0. The molecule has 20 heavy (non-hydrogen) atoms. The molecule has 4 N–H and O–H groups in total. The molecule has 0 aromatic heterocycles. The SMILES string of the molecule is CC(C)(C)OC(=O)Nc1c(O)cccc1C1(N)CCC1. The Morgan fingerprint density at radius 2 is 2.05 bits per heavy atom. The Morgan fingerprint density at radius 1 is 1.40 bits per heavy atom. The van der Waals surface area contributed by atoms with Crippen molar-refractivity contribution in [1.29, 1.82) is 0 Å². The minimum atomic E-state index is -0.594. The summed E-state index contributed by atoms with van der Waals surface area (Å²) in [6, 6.07) is 5.10. The van der Waals surface area contributed by atoms with E-state index in [2.05, 4.69) is 5.32 Å². The highest BCUT2D eigenvalue weighted by molar-refractivity contribution is 5.88. The smallest absolute Gasteiger partial charge is 0.412 e. The van der Waals surface area contributed by atoms with Gasteiger partial charge in [0.25, 0.3) is 0 Å². The molecule has 0 heterocycles. The maximum absolute atomic E-state index is 11.9. The van der Waals surface area contributed by atoms with Crippen molar-refractivity contribution in [3.8, 4) is 5.75 Å². The minimum absolute atomic E-state index is 0.00471. The maximum Gasteiger partial charge on any atom is 0.412 e. The van der Waals surface area contributed by atoms with Crippen molar-refractivity contribution in [1.82, 2.24) is 0 Å². The first-order valence-corrected chi connectivity index (χ1v) is 6.83. The van der Waals surface area contributed by atoms with Crippen LogP contribution in [0.25, 0.3) is 0 Å². The van der Waals surface area contributed by atoms with E-state index >= 15 is 0 Å². The summed E-state index contributed by atoms with van der Waals surface area (Å²) in [6.07, 6.45) is 2.15. The van der Waals surface area contributed by atoms with Gasteiger partial charge in [0.05, 0.1) is 5.69 Å². The van der Waals surface area contributed by atoms with Crippen LogP contribution in [0.2, 0.25) is 0 Å². The number of amides is 1. The third kappa shape index (κ3) is 3.04. The number of aromatic hydroxyl groups is 1. The van der Waals surface area contributed by atoms with Crippen LogP contribution in [0.3, 0.4) is 0 Å². The minimum Gasteiger partial charge on any atom is -0.506 e. The van der Waals surface area contributed by atoms with Crippen LogP contribution in [0.5, 0.6) is 5.75 Å². The number of carbonyl (C=O) groups is 1. The van der Waals surface area contributed by atoms with Crippen molar-refractivity contribution in [3.63, 3.8) is 0 Å². The third-order valence-electron chi connectivity index (χ3n) is 3.45. The van der Waals surface area contributed by atoms with E-state index in [4.69, 9.17) is 10.5 Å². The van der Waals surface area contributed by atoms with Crippen LogP contribution in [0.1, 0.15) is 45.6 Å². The Balaban J connectivity index is 2.25. The predicted molar refractivity (Wildman–Crippen MR) is 77.7 cm³/mol. The first-order valence-electron chi connectivity index (χ1n) is 6.83. The van der Waals surface area contributed by atoms with Gasteiger partial charge in [0.2, 0.25) is 0 Å². The number of carbonyl (C=O) groups excluding carboxylic acids is 1. The van der Waals surface area contributed by atoms with Gasteiger partial charge in [-0.15, -0.1) is 0 Å². The molecule has 0 spiro atoms. The number of phenols is 1. The number of anilines is 1. The molecule has 0 bridgehead atoms. The normalized spacial score (nSPS) is 17.2. The highest BCUT2D eigenvalue weighted by Gasteiger charge is 2.37. The molecule has 1 aliphatic rings. The Kier molecular flexibility index (Phi) is 3.65. The van der Waals surface area contributed by atoms with Crippen molar-refractivity contribution in [2.75, 3.05) is 5.32 Å². The van der Waals surface area contributed by atoms with Crippen molar-refractivity contribution in [2.45, 2.75) is 51.2 Å². The summed E-state index contributed by atoms with van der Waals surface area (Å²) in [5.41, 5.74) is 6.34. The number of phenolic OH excluding ortho intramolecular Hbond substituents is 1. The molecule has 1 saturated carbocycles. The van der Waals surface area contributed by atoms with Gasteiger partial charge in [-0.2, -0.15) is 0 Å². The van der Waals surface area contributed by atoms with Crippen LogP contribution in [0.15, 0.2) is 18.2 Å². The van der Waals surface area contributed by atoms with Crippen molar-refractivity contribution in [3.05, 3.63) is 23.8 Å². The van der Waals surface area contributed by atoms with Crippen molar-refractivity contribution < 1.29 is 14.6 Å². The van der Waals surface area contributed by atoms with E-state index in [-0.39, 0.29) is 5.75 Å². The van der Waals surface area contributed by atoms with E-state index in [9.17, 15) is 9.90 Å². The van der Waals surface area contributed by atoms with Crippen LogP contribution in [-0.4, -0.2) is 16.8 Å². The van der Waals surface area contributed by atoms with Gasteiger partial charge in [-0.3, -0.25) is 5.32 Å². The Hall–Kier alpha value is -1.75. The Morgan fingerprint density at radius 3 is 2.55 bits per heavy atom. The molecule has 1 fully saturated rings. The van der Waals surface area contributed by atoms with Gasteiger partial charge < -0.3 is 15.6 Å². The second-order valence-electron chi connectivity index (χ2n) is 6.34. The number of ether oxygens (including phenoxy) is 1. The molecule has 2 rings (SSSR count). The highest BCUT2D eigenvalue weighted by Crippen LogP contribution is 2.44. The lowest BCUT2D eigenvalue weighted by Crippen LogP contribution is -2.44. The lowest BCUT2D eigenvalue weighted by atomic mass is 9.72. The molecule has 0 radical (unpaired) electrons. The van der Waals surface area contributed by atoms with E-state index in [0.717, 1.165) is 24.8 Å². The lowest BCUT2D eigenvalue weighted by molar-refractivity contribution is 0.0635. The van der Waals surface area contributed by atoms with E-state index in [1.54, 1.807) is 26.8 Å². The second kappa shape index (κ2) is 4.98. The molecule has 5 heteroatoms. The summed E-state index contributed by atoms with van der Waals surface area (Å²) in [5.74, 6) is 0.00471. The highest BCUT2D eigenvalue weighted by atomic mass is 16.6. The number of para-hydroxylation sites is 1. The molecule has 5 nitrogen and oxygen atoms in total. The summed E-state index contributed by atoms with van der Waals surface area (Å²) in [5, 5.41) is 12.6. The summed E-state index contributed by atoms with van der Waals surface area (Å²) in [6.45, 7) is 5.36. The zero-order valence-electron chi connectivity index (χ0n) is 12.2. The Bertz CT molecular complexity index is 516. The molecule has 0 saturated heterocycles. The number of benzene rings is 1. The largest absolute Gasteiger partial charge is 0.506 e. The van der Waals surface area contributed by atoms with Crippen molar-refractivity contribution >= 4 is 11.8 Å². The van der Waals surface area contributed by atoms with Crippen LogP contribution in [0, 0.1) is 0 Å². The molecular weight excluding hydrogens is 256 g/mol. The van der Waals surface area contributed by atoms with Gasteiger partial charge in [-0.05, 0) is 51.7 Å². The molecule has 0 unspecified atom stereocenters. The first-order chi connectivity index (χ1) is 9.21. The van der Waals surface area contributed by atoms with Gasteiger partial charge in [0.1, 0.15) is 11.4 Å². The molecule has 0 aliphatic heterocycles. The number of hydrogen-bond acceptors (Lipinski definition) is 4. The molecule has 0 atom stereocenters. The number of nitrogens with one attached hydrogen (secondary N) is 1. The van der Waals surface area contributed by atoms with Crippen molar-refractivity contribution in [2.24, 2.45) is 5.73 Å². The fourth-order valence-corrected chi connectivity index (χ4v) is 2.32.